The highest BCUT2D eigenvalue weighted by Gasteiger charge is 2.09. The Bertz CT molecular complexity index is 313. The minimum Gasteiger partial charge on any atom is -0.494 e. The molecular formula is C15H25NOS. The van der Waals surface area contributed by atoms with Gasteiger partial charge in [0.05, 0.1) is 6.61 Å². The van der Waals surface area contributed by atoms with Crippen molar-refractivity contribution in [2.75, 3.05) is 24.7 Å². The third-order valence-corrected chi connectivity index (χ3v) is 3.94. The summed E-state index contributed by atoms with van der Waals surface area (Å²) in [6.07, 6.45) is 1.24. The van der Waals surface area contributed by atoms with E-state index in [9.17, 15) is 0 Å². The predicted molar refractivity (Wildman–Crippen MR) is 81.6 cm³/mol. The van der Waals surface area contributed by atoms with Gasteiger partial charge in [-0.05, 0) is 43.3 Å². The first-order valence-electron chi connectivity index (χ1n) is 6.85. The fraction of sp³-hybridized carbons (Fsp3) is 0.600. The number of rotatable bonds is 9. The highest BCUT2D eigenvalue weighted by molar-refractivity contribution is 7.99. The quantitative estimate of drug-likeness (QED) is 0.686. The van der Waals surface area contributed by atoms with Crippen molar-refractivity contribution < 1.29 is 4.74 Å². The lowest BCUT2D eigenvalue weighted by atomic mass is 10.1. The molecule has 1 rings (SSSR count). The van der Waals surface area contributed by atoms with Gasteiger partial charge in [-0.25, -0.2) is 0 Å². The maximum Gasteiger partial charge on any atom is 0.119 e. The maximum atomic E-state index is 5.47. The lowest BCUT2D eigenvalue weighted by Gasteiger charge is -2.18. The lowest BCUT2D eigenvalue weighted by molar-refractivity contribution is 0.340. The third kappa shape index (κ3) is 5.32. The zero-order valence-electron chi connectivity index (χ0n) is 11.7. The molecule has 0 saturated heterocycles. The summed E-state index contributed by atoms with van der Waals surface area (Å²) in [5.41, 5.74) is 1.35. The van der Waals surface area contributed by atoms with E-state index in [1.54, 1.807) is 0 Å². The van der Waals surface area contributed by atoms with Crippen molar-refractivity contribution in [3.05, 3.63) is 29.8 Å². The molecule has 1 aromatic carbocycles. The molecule has 18 heavy (non-hydrogen) atoms. The predicted octanol–water partition coefficient (Wildman–Crippen LogP) is 3.88. The van der Waals surface area contributed by atoms with Gasteiger partial charge in [0.2, 0.25) is 0 Å². The van der Waals surface area contributed by atoms with Gasteiger partial charge >= 0.3 is 0 Å². The van der Waals surface area contributed by atoms with Crippen LogP contribution in [-0.4, -0.2) is 24.7 Å². The smallest absolute Gasteiger partial charge is 0.119 e. The van der Waals surface area contributed by atoms with Gasteiger partial charge < -0.3 is 10.1 Å². The van der Waals surface area contributed by atoms with Gasteiger partial charge in [0.25, 0.3) is 0 Å². The zero-order chi connectivity index (χ0) is 13.2. The molecule has 0 aliphatic carbocycles. The summed E-state index contributed by atoms with van der Waals surface area (Å²) < 4.78 is 5.47. The van der Waals surface area contributed by atoms with Crippen LogP contribution in [0.25, 0.3) is 0 Å². The van der Waals surface area contributed by atoms with Crippen molar-refractivity contribution in [3.63, 3.8) is 0 Å². The van der Waals surface area contributed by atoms with Gasteiger partial charge in [-0.3, -0.25) is 0 Å². The summed E-state index contributed by atoms with van der Waals surface area (Å²) in [6, 6.07) is 8.92. The molecule has 2 nitrogen and oxygen atoms in total. The van der Waals surface area contributed by atoms with Gasteiger partial charge in [0.15, 0.2) is 0 Å². The minimum atomic E-state index is 0.447. The Morgan fingerprint density at radius 3 is 2.44 bits per heavy atom. The summed E-state index contributed by atoms with van der Waals surface area (Å²) in [6.45, 7) is 8.13. The molecule has 0 heterocycles. The van der Waals surface area contributed by atoms with E-state index >= 15 is 0 Å². The molecule has 0 radical (unpaired) electrons. The second-order valence-corrected chi connectivity index (χ2v) is 5.34. The second-order valence-electron chi connectivity index (χ2n) is 4.19. The Morgan fingerprint density at radius 1 is 1.17 bits per heavy atom. The van der Waals surface area contributed by atoms with Crippen LogP contribution < -0.4 is 10.1 Å². The number of hydrogen-bond donors (Lipinski definition) is 1. The van der Waals surface area contributed by atoms with E-state index in [2.05, 4.69) is 43.4 Å². The topological polar surface area (TPSA) is 21.3 Å². The number of hydrogen-bond acceptors (Lipinski definition) is 3. The highest BCUT2D eigenvalue weighted by atomic mass is 32.2. The van der Waals surface area contributed by atoms with E-state index in [0.717, 1.165) is 24.7 Å². The minimum absolute atomic E-state index is 0.447. The molecule has 0 spiro atoms. The molecular weight excluding hydrogens is 242 g/mol. The van der Waals surface area contributed by atoms with Crippen molar-refractivity contribution in [3.8, 4) is 5.75 Å². The van der Waals surface area contributed by atoms with Gasteiger partial charge in [-0.2, -0.15) is 11.8 Å². The summed E-state index contributed by atoms with van der Waals surface area (Å²) in [7, 11) is 0. The fourth-order valence-corrected chi connectivity index (χ4v) is 2.83. The Kier molecular flexibility index (Phi) is 7.94. The van der Waals surface area contributed by atoms with Gasteiger partial charge in [0.1, 0.15) is 5.75 Å². The highest BCUT2D eigenvalue weighted by Crippen LogP contribution is 2.21. The van der Waals surface area contributed by atoms with E-state index in [4.69, 9.17) is 4.74 Å². The van der Waals surface area contributed by atoms with Crippen molar-refractivity contribution in [2.45, 2.75) is 33.2 Å². The van der Waals surface area contributed by atoms with Crippen LogP contribution in [-0.2, 0) is 0 Å². The van der Waals surface area contributed by atoms with Crippen LogP contribution >= 0.6 is 11.8 Å². The van der Waals surface area contributed by atoms with E-state index in [1.807, 2.05) is 18.7 Å². The van der Waals surface area contributed by atoms with Crippen molar-refractivity contribution in [1.82, 2.24) is 5.32 Å². The fourth-order valence-electron chi connectivity index (χ4n) is 1.83. The van der Waals surface area contributed by atoms with Crippen molar-refractivity contribution in [1.29, 1.82) is 0 Å². The number of thioether (sulfide) groups is 1. The molecule has 0 amide bonds. The van der Waals surface area contributed by atoms with Crippen LogP contribution in [0.3, 0.4) is 0 Å². The molecule has 102 valence electrons. The standard InChI is InChI=1S/C15H25NOS/c1-4-11-18-12-15(16-5-2)13-7-9-14(10-8-13)17-6-3/h7-10,15-16H,4-6,11-12H2,1-3H3. The number of nitrogens with one attached hydrogen (secondary N) is 1. The average molecular weight is 267 g/mol. The Balaban J connectivity index is 2.60. The monoisotopic (exact) mass is 267 g/mol. The first-order chi connectivity index (χ1) is 8.81. The normalized spacial score (nSPS) is 12.4. The van der Waals surface area contributed by atoms with Crippen LogP contribution in [0.5, 0.6) is 5.75 Å². The molecule has 1 unspecified atom stereocenters. The molecule has 3 heteroatoms. The molecule has 0 aliphatic heterocycles. The van der Waals surface area contributed by atoms with Crippen LogP contribution in [0.15, 0.2) is 24.3 Å². The molecule has 1 aromatic rings. The third-order valence-electron chi connectivity index (χ3n) is 2.68. The molecule has 0 aliphatic rings. The van der Waals surface area contributed by atoms with Crippen LogP contribution in [0, 0.1) is 0 Å². The second kappa shape index (κ2) is 9.29. The van der Waals surface area contributed by atoms with Gasteiger partial charge in [0, 0.05) is 11.8 Å². The number of benzene rings is 1. The van der Waals surface area contributed by atoms with Gasteiger partial charge in [-0.1, -0.05) is 26.0 Å². The Hall–Kier alpha value is -0.670. The van der Waals surface area contributed by atoms with E-state index in [1.165, 1.54) is 17.7 Å². The molecule has 0 bridgehead atoms. The summed E-state index contributed by atoms with van der Waals surface area (Å²) in [4.78, 5) is 0. The van der Waals surface area contributed by atoms with E-state index in [-0.39, 0.29) is 0 Å². The molecule has 0 fully saturated rings. The Labute approximate surface area is 116 Å². The van der Waals surface area contributed by atoms with Crippen molar-refractivity contribution in [2.24, 2.45) is 0 Å². The maximum absolute atomic E-state index is 5.47. The average Bonchev–Trinajstić information content (AvgIpc) is 2.39. The summed E-state index contributed by atoms with van der Waals surface area (Å²) in [5, 5.41) is 3.55. The molecule has 1 atom stereocenters. The summed E-state index contributed by atoms with van der Waals surface area (Å²) in [5.74, 6) is 3.33. The van der Waals surface area contributed by atoms with Crippen LogP contribution in [0.2, 0.25) is 0 Å². The SMILES string of the molecule is CCCSCC(NCC)c1ccc(OCC)cc1. The largest absolute Gasteiger partial charge is 0.494 e. The van der Waals surface area contributed by atoms with Gasteiger partial charge in [-0.15, -0.1) is 0 Å². The first kappa shape index (κ1) is 15.4. The molecule has 0 aromatic heterocycles. The Morgan fingerprint density at radius 2 is 1.89 bits per heavy atom. The first-order valence-corrected chi connectivity index (χ1v) is 8.01. The number of ether oxygens (including phenoxy) is 1. The van der Waals surface area contributed by atoms with Crippen LogP contribution in [0.4, 0.5) is 0 Å². The molecule has 1 N–H and O–H groups in total. The lowest BCUT2D eigenvalue weighted by Crippen LogP contribution is -2.23. The summed E-state index contributed by atoms with van der Waals surface area (Å²) >= 11 is 2.02. The van der Waals surface area contributed by atoms with Crippen LogP contribution in [0.1, 0.15) is 38.8 Å². The van der Waals surface area contributed by atoms with Crippen molar-refractivity contribution >= 4 is 11.8 Å². The molecule has 0 saturated carbocycles. The zero-order valence-corrected chi connectivity index (χ0v) is 12.6. The van der Waals surface area contributed by atoms with E-state index in [0.29, 0.717) is 6.04 Å². The van der Waals surface area contributed by atoms with E-state index < -0.39 is 0 Å².